The smallest absolute Gasteiger partial charge is 0.0326 e. The molecule has 0 aliphatic rings. The molecule has 0 aromatic heterocycles. The van der Waals surface area contributed by atoms with Gasteiger partial charge in [0.15, 0.2) is 0 Å². The van der Waals surface area contributed by atoms with Crippen LogP contribution in [0.4, 0.5) is 0 Å². The average molecular weight is 325 g/mol. The fourth-order valence-corrected chi connectivity index (χ4v) is 4.99. The summed E-state index contributed by atoms with van der Waals surface area (Å²) in [4.78, 5) is 0. The predicted molar refractivity (Wildman–Crippen MR) is 108 cm³/mol. The third-order valence-electron chi connectivity index (χ3n) is 7.05. The van der Waals surface area contributed by atoms with Crippen LogP contribution in [-0.2, 0) is 0 Å². The zero-order valence-electron chi connectivity index (χ0n) is 18.4. The summed E-state index contributed by atoms with van der Waals surface area (Å²) in [6.45, 7) is 26.8. The number of hydrogen-bond acceptors (Lipinski definition) is 0. The van der Waals surface area contributed by atoms with E-state index in [0.717, 1.165) is 29.6 Å². The highest BCUT2D eigenvalue weighted by Gasteiger charge is 2.33. The van der Waals surface area contributed by atoms with E-state index in [9.17, 15) is 0 Å². The SMILES string of the molecule is CCC(CC(C)(C)C(C)CC)C(C)CC(C)C(CC)C(C)(C)C. The van der Waals surface area contributed by atoms with E-state index in [0.29, 0.717) is 10.8 Å². The lowest BCUT2D eigenvalue weighted by Crippen LogP contribution is -2.31. The topological polar surface area (TPSA) is 0 Å². The van der Waals surface area contributed by atoms with Crippen molar-refractivity contribution in [3.63, 3.8) is 0 Å². The summed E-state index contributed by atoms with van der Waals surface area (Å²) in [6.07, 6.45) is 6.73. The Morgan fingerprint density at radius 1 is 0.696 bits per heavy atom. The van der Waals surface area contributed by atoms with Crippen LogP contribution in [0.2, 0.25) is 0 Å². The van der Waals surface area contributed by atoms with Gasteiger partial charge >= 0.3 is 0 Å². The van der Waals surface area contributed by atoms with Crippen LogP contribution in [0.25, 0.3) is 0 Å². The van der Waals surface area contributed by atoms with Crippen LogP contribution in [0, 0.1) is 40.4 Å². The fourth-order valence-electron chi connectivity index (χ4n) is 4.99. The molecule has 0 fully saturated rings. The molecular weight excluding hydrogens is 276 g/mol. The van der Waals surface area contributed by atoms with Gasteiger partial charge in [0.05, 0.1) is 0 Å². The summed E-state index contributed by atoms with van der Waals surface area (Å²) in [6, 6.07) is 0. The summed E-state index contributed by atoms with van der Waals surface area (Å²) in [5.74, 6) is 4.20. The molecule has 0 aliphatic heterocycles. The van der Waals surface area contributed by atoms with Crippen LogP contribution in [0.3, 0.4) is 0 Å². The average Bonchev–Trinajstić information content (AvgIpc) is 2.42. The summed E-state index contributed by atoms with van der Waals surface area (Å²) in [5.41, 5.74) is 0.909. The van der Waals surface area contributed by atoms with E-state index < -0.39 is 0 Å². The van der Waals surface area contributed by atoms with Gasteiger partial charge in [-0.25, -0.2) is 0 Å². The summed E-state index contributed by atoms with van der Waals surface area (Å²) >= 11 is 0. The van der Waals surface area contributed by atoms with Crippen molar-refractivity contribution < 1.29 is 0 Å². The van der Waals surface area contributed by atoms with Crippen LogP contribution in [0.15, 0.2) is 0 Å². The first-order chi connectivity index (χ1) is 10.4. The highest BCUT2D eigenvalue weighted by atomic mass is 14.4. The molecule has 140 valence electrons. The van der Waals surface area contributed by atoms with Crippen molar-refractivity contribution in [3.05, 3.63) is 0 Å². The molecule has 0 amide bonds. The second kappa shape index (κ2) is 9.47. The Bertz CT molecular complexity index is 306. The molecule has 5 atom stereocenters. The molecule has 0 rings (SSSR count). The standard InChI is InChI=1S/C23H48/c1-12-19(6)23(10,11)16-20(13-2)17(4)15-18(5)21(14-3)22(7,8)9/h17-21H,12-16H2,1-11H3. The Labute approximate surface area is 149 Å². The Morgan fingerprint density at radius 3 is 1.57 bits per heavy atom. The van der Waals surface area contributed by atoms with Crippen LogP contribution in [0.1, 0.15) is 108 Å². The maximum absolute atomic E-state index is 2.52. The molecule has 0 aliphatic carbocycles. The van der Waals surface area contributed by atoms with Gasteiger partial charge in [-0.3, -0.25) is 0 Å². The van der Waals surface area contributed by atoms with Crippen molar-refractivity contribution in [3.8, 4) is 0 Å². The zero-order valence-corrected chi connectivity index (χ0v) is 18.4. The summed E-state index contributed by atoms with van der Waals surface area (Å²) in [5, 5.41) is 0. The summed E-state index contributed by atoms with van der Waals surface area (Å²) in [7, 11) is 0. The largest absolute Gasteiger partial charge is 0.0651 e. The highest BCUT2D eigenvalue weighted by molar-refractivity contribution is 4.83. The van der Waals surface area contributed by atoms with E-state index in [1.165, 1.54) is 32.1 Å². The van der Waals surface area contributed by atoms with Gasteiger partial charge in [0.2, 0.25) is 0 Å². The first-order valence-electron chi connectivity index (χ1n) is 10.4. The lowest BCUT2D eigenvalue weighted by atomic mass is 9.66. The van der Waals surface area contributed by atoms with Gasteiger partial charge < -0.3 is 0 Å². The predicted octanol–water partition coefficient (Wildman–Crippen LogP) is 8.21. The van der Waals surface area contributed by atoms with Gasteiger partial charge in [-0.05, 0) is 53.3 Å². The molecule has 0 nitrogen and oxygen atoms in total. The van der Waals surface area contributed by atoms with E-state index in [1.54, 1.807) is 0 Å². The molecule has 0 bridgehead atoms. The maximum Gasteiger partial charge on any atom is -0.0326 e. The number of rotatable bonds is 10. The monoisotopic (exact) mass is 324 g/mol. The molecule has 0 aromatic rings. The van der Waals surface area contributed by atoms with E-state index in [-0.39, 0.29) is 0 Å². The minimum Gasteiger partial charge on any atom is -0.0651 e. The Balaban J connectivity index is 4.87. The van der Waals surface area contributed by atoms with Gasteiger partial charge in [0, 0.05) is 0 Å². The zero-order chi connectivity index (χ0) is 18.4. The minimum atomic E-state index is 0.436. The Hall–Kier alpha value is 0. The van der Waals surface area contributed by atoms with Gasteiger partial charge in [0.1, 0.15) is 0 Å². The molecule has 0 heteroatoms. The van der Waals surface area contributed by atoms with Crippen LogP contribution >= 0.6 is 0 Å². The molecule has 0 radical (unpaired) electrons. The van der Waals surface area contributed by atoms with Gasteiger partial charge in [0.25, 0.3) is 0 Å². The van der Waals surface area contributed by atoms with Crippen molar-refractivity contribution in [1.29, 1.82) is 0 Å². The molecule has 0 heterocycles. The summed E-state index contributed by atoms with van der Waals surface area (Å²) < 4.78 is 0. The van der Waals surface area contributed by atoms with E-state index >= 15 is 0 Å². The number of hydrogen-bond donors (Lipinski definition) is 0. The third-order valence-corrected chi connectivity index (χ3v) is 7.05. The molecule has 5 unspecified atom stereocenters. The lowest BCUT2D eigenvalue weighted by Gasteiger charge is -2.40. The van der Waals surface area contributed by atoms with Gasteiger partial charge in [-0.1, -0.05) is 95.4 Å². The third kappa shape index (κ3) is 7.18. The Morgan fingerprint density at radius 2 is 1.22 bits per heavy atom. The van der Waals surface area contributed by atoms with Crippen molar-refractivity contribution in [2.24, 2.45) is 40.4 Å². The molecule has 0 spiro atoms. The highest BCUT2D eigenvalue weighted by Crippen LogP contribution is 2.42. The maximum atomic E-state index is 2.52. The molecule has 0 N–H and O–H groups in total. The van der Waals surface area contributed by atoms with Gasteiger partial charge in [-0.2, -0.15) is 0 Å². The quantitative estimate of drug-likeness (QED) is 0.380. The van der Waals surface area contributed by atoms with Crippen LogP contribution in [-0.4, -0.2) is 0 Å². The fraction of sp³-hybridized carbons (Fsp3) is 1.00. The molecule has 0 saturated heterocycles. The second-order valence-corrected chi connectivity index (χ2v) is 10.2. The first kappa shape index (κ1) is 23.0. The molecular formula is C23H48. The minimum absolute atomic E-state index is 0.436. The van der Waals surface area contributed by atoms with Crippen molar-refractivity contribution in [2.75, 3.05) is 0 Å². The molecule has 23 heavy (non-hydrogen) atoms. The van der Waals surface area contributed by atoms with Crippen molar-refractivity contribution in [1.82, 2.24) is 0 Å². The van der Waals surface area contributed by atoms with E-state index in [1.807, 2.05) is 0 Å². The first-order valence-corrected chi connectivity index (χ1v) is 10.4. The normalized spacial score (nSPS) is 20.0. The van der Waals surface area contributed by atoms with Crippen LogP contribution in [0.5, 0.6) is 0 Å². The second-order valence-electron chi connectivity index (χ2n) is 10.2. The molecule has 0 aromatic carbocycles. The Kier molecular flexibility index (Phi) is 9.47. The van der Waals surface area contributed by atoms with E-state index in [2.05, 4.69) is 76.2 Å². The van der Waals surface area contributed by atoms with Crippen molar-refractivity contribution in [2.45, 2.75) is 108 Å². The van der Waals surface area contributed by atoms with E-state index in [4.69, 9.17) is 0 Å². The molecule has 0 saturated carbocycles. The lowest BCUT2D eigenvalue weighted by molar-refractivity contribution is 0.103. The van der Waals surface area contributed by atoms with Gasteiger partial charge in [-0.15, -0.1) is 0 Å². The van der Waals surface area contributed by atoms with Crippen molar-refractivity contribution >= 4 is 0 Å². The van der Waals surface area contributed by atoms with Crippen LogP contribution < -0.4 is 0 Å².